The predicted octanol–water partition coefficient (Wildman–Crippen LogP) is 2.50. The summed E-state index contributed by atoms with van der Waals surface area (Å²) in [5.41, 5.74) is 6.20. The van der Waals surface area contributed by atoms with Crippen LogP contribution in [0.1, 0.15) is 24.2 Å². The minimum Gasteiger partial charge on any atom is -0.457 e. The van der Waals surface area contributed by atoms with Crippen LogP contribution in [0.5, 0.6) is 0 Å². The van der Waals surface area contributed by atoms with Crippen molar-refractivity contribution < 1.29 is 14.3 Å². The summed E-state index contributed by atoms with van der Waals surface area (Å²) in [6, 6.07) is 4.88. The third kappa shape index (κ3) is 3.91. The number of nitrogens with two attached hydrogens (primary N) is 1. The first-order valence-corrected chi connectivity index (χ1v) is 5.76. The number of carbonyl (C=O) groups is 1. The molecule has 5 heteroatoms. The van der Waals surface area contributed by atoms with Crippen LogP contribution in [0.25, 0.3) is 0 Å². The first kappa shape index (κ1) is 13.8. The number of rotatable bonds is 5. The zero-order valence-corrected chi connectivity index (χ0v) is 10.7. The Morgan fingerprint density at radius 2 is 2.24 bits per heavy atom. The third-order valence-corrected chi connectivity index (χ3v) is 2.43. The second-order valence-corrected chi connectivity index (χ2v) is 3.99. The molecule has 1 aromatic rings. The number of halogens is 1. The molecule has 0 saturated heterocycles. The molecule has 0 aliphatic heterocycles. The van der Waals surface area contributed by atoms with E-state index in [2.05, 4.69) is 0 Å². The Labute approximate surface area is 106 Å². The normalized spacial score (nSPS) is 12.2. The highest BCUT2D eigenvalue weighted by Crippen LogP contribution is 2.23. The fourth-order valence-corrected chi connectivity index (χ4v) is 1.57. The summed E-state index contributed by atoms with van der Waals surface area (Å²) < 4.78 is 10.3. The summed E-state index contributed by atoms with van der Waals surface area (Å²) in [6.45, 7) is 4.56. The van der Waals surface area contributed by atoms with Gasteiger partial charge in [-0.25, -0.2) is 4.79 Å². The van der Waals surface area contributed by atoms with Crippen molar-refractivity contribution in [3.63, 3.8) is 0 Å². The lowest BCUT2D eigenvalue weighted by Crippen LogP contribution is -2.21. The van der Waals surface area contributed by atoms with E-state index >= 15 is 0 Å². The second-order valence-electron chi connectivity index (χ2n) is 3.58. The molecule has 94 valence electrons. The maximum absolute atomic E-state index is 11.8. The van der Waals surface area contributed by atoms with Crippen LogP contribution in [0.4, 0.5) is 5.69 Å². The maximum Gasteiger partial charge on any atom is 0.342 e. The molecule has 1 aromatic carbocycles. The summed E-state index contributed by atoms with van der Waals surface area (Å²) in [7, 11) is 0. The zero-order valence-electron chi connectivity index (χ0n) is 9.90. The van der Waals surface area contributed by atoms with Crippen molar-refractivity contribution in [3.05, 3.63) is 28.8 Å². The van der Waals surface area contributed by atoms with E-state index in [0.29, 0.717) is 23.9 Å². The molecular formula is C12H16ClNO3. The molecule has 0 amide bonds. The second kappa shape index (κ2) is 6.47. The summed E-state index contributed by atoms with van der Waals surface area (Å²) in [5, 5.41) is 0.290. The Morgan fingerprint density at radius 3 is 2.82 bits per heavy atom. The van der Waals surface area contributed by atoms with Gasteiger partial charge in [0.15, 0.2) is 0 Å². The topological polar surface area (TPSA) is 61.5 Å². The Morgan fingerprint density at radius 1 is 1.53 bits per heavy atom. The first-order chi connectivity index (χ1) is 8.06. The molecule has 0 heterocycles. The number of benzene rings is 1. The molecule has 0 saturated carbocycles. The molecule has 17 heavy (non-hydrogen) atoms. The van der Waals surface area contributed by atoms with Gasteiger partial charge in [0, 0.05) is 12.3 Å². The number of anilines is 1. The fraction of sp³-hybridized carbons (Fsp3) is 0.417. The number of esters is 1. The lowest BCUT2D eigenvalue weighted by Gasteiger charge is -2.14. The van der Waals surface area contributed by atoms with E-state index in [4.69, 9.17) is 26.8 Å². The van der Waals surface area contributed by atoms with Crippen LogP contribution < -0.4 is 5.73 Å². The molecule has 1 atom stereocenters. The van der Waals surface area contributed by atoms with E-state index in [1.54, 1.807) is 25.1 Å². The van der Waals surface area contributed by atoms with Crippen LogP contribution in [-0.2, 0) is 9.47 Å². The number of hydrogen-bond donors (Lipinski definition) is 1. The Hall–Kier alpha value is -1.26. The zero-order chi connectivity index (χ0) is 12.8. The highest BCUT2D eigenvalue weighted by atomic mass is 35.5. The third-order valence-electron chi connectivity index (χ3n) is 2.11. The van der Waals surface area contributed by atoms with Gasteiger partial charge >= 0.3 is 5.97 Å². The van der Waals surface area contributed by atoms with E-state index in [1.807, 2.05) is 6.92 Å². The SMILES string of the molecule is CCOCC(C)OC(=O)c1c(N)cccc1Cl. The molecule has 0 radical (unpaired) electrons. The van der Waals surface area contributed by atoms with Crippen molar-refractivity contribution >= 4 is 23.3 Å². The quantitative estimate of drug-likeness (QED) is 0.650. The average molecular weight is 258 g/mol. The summed E-state index contributed by atoms with van der Waals surface area (Å²) in [4.78, 5) is 11.8. The Balaban J connectivity index is 2.70. The number of nitrogen functional groups attached to an aromatic ring is 1. The fourth-order valence-electron chi connectivity index (χ4n) is 1.32. The largest absolute Gasteiger partial charge is 0.457 e. The highest BCUT2D eigenvalue weighted by molar-refractivity contribution is 6.34. The molecule has 0 bridgehead atoms. The van der Waals surface area contributed by atoms with Crippen LogP contribution in [0, 0.1) is 0 Å². The van der Waals surface area contributed by atoms with Gasteiger partial charge in [0.1, 0.15) is 11.7 Å². The van der Waals surface area contributed by atoms with Gasteiger partial charge in [0.25, 0.3) is 0 Å². The van der Waals surface area contributed by atoms with Gasteiger partial charge < -0.3 is 15.2 Å². The van der Waals surface area contributed by atoms with Crippen molar-refractivity contribution in [1.29, 1.82) is 0 Å². The molecule has 2 N–H and O–H groups in total. The van der Waals surface area contributed by atoms with E-state index < -0.39 is 5.97 Å². The number of carbonyl (C=O) groups excluding carboxylic acids is 1. The molecule has 0 aliphatic carbocycles. The molecule has 0 aliphatic rings. The van der Waals surface area contributed by atoms with Gasteiger partial charge in [-0.1, -0.05) is 17.7 Å². The molecule has 1 rings (SSSR count). The lowest BCUT2D eigenvalue weighted by atomic mass is 10.2. The van der Waals surface area contributed by atoms with Crippen LogP contribution in [0.3, 0.4) is 0 Å². The molecule has 1 unspecified atom stereocenters. The van der Waals surface area contributed by atoms with Crippen molar-refractivity contribution in [2.75, 3.05) is 18.9 Å². The highest BCUT2D eigenvalue weighted by Gasteiger charge is 2.17. The smallest absolute Gasteiger partial charge is 0.342 e. The van der Waals surface area contributed by atoms with Crippen molar-refractivity contribution in [1.82, 2.24) is 0 Å². The minimum atomic E-state index is -0.527. The van der Waals surface area contributed by atoms with Crippen molar-refractivity contribution in [3.8, 4) is 0 Å². The standard InChI is InChI=1S/C12H16ClNO3/c1-3-16-7-8(2)17-12(15)11-9(13)5-4-6-10(11)14/h4-6,8H,3,7,14H2,1-2H3. The van der Waals surface area contributed by atoms with Crippen LogP contribution in [0.15, 0.2) is 18.2 Å². The van der Waals surface area contributed by atoms with E-state index in [-0.39, 0.29) is 11.7 Å². The molecular weight excluding hydrogens is 242 g/mol. The van der Waals surface area contributed by atoms with Crippen LogP contribution >= 0.6 is 11.6 Å². The first-order valence-electron chi connectivity index (χ1n) is 5.39. The molecule has 0 fully saturated rings. The van der Waals surface area contributed by atoms with Gasteiger partial charge in [-0.05, 0) is 26.0 Å². The Bertz CT molecular complexity index is 375. The van der Waals surface area contributed by atoms with Gasteiger partial charge in [-0.3, -0.25) is 0 Å². The monoisotopic (exact) mass is 257 g/mol. The van der Waals surface area contributed by atoms with Crippen LogP contribution in [0.2, 0.25) is 5.02 Å². The van der Waals surface area contributed by atoms with Gasteiger partial charge in [-0.2, -0.15) is 0 Å². The van der Waals surface area contributed by atoms with E-state index in [9.17, 15) is 4.79 Å². The predicted molar refractivity (Wildman–Crippen MR) is 67.2 cm³/mol. The van der Waals surface area contributed by atoms with Gasteiger partial charge in [-0.15, -0.1) is 0 Å². The summed E-state index contributed by atoms with van der Waals surface area (Å²) >= 11 is 5.90. The summed E-state index contributed by atoms with van der Waals surface area (Å²) in [6.07, 6.45) is -0.335. The van der Waals surface area contributed by atoms with Crippen LogP contribution in [-0.4, -0.2) is 25.3 Å². The average Bonchev–Trinajstić information content (AvgIpc) is 2.26. The minimum absolute atomic E-state index is 0.206. The molecule has 0 aromatic heterocycles. The molecule has 4 nitrogen and oxygen atoms in total. The Kier molecular flexibility index (Phi) is 5.25. The van der Waals surface area contributed by atoms with Gasteiger partial charge in [0.2, 0.25) is 0 Å². The number of ether oxygens (including phenoxy) is 2. The van der Waals surface area contributed by atoms with E-state index in [0.717, 1.165) is 0 Å². The number of hydrogen-bond acceptors (Lipinski definition) is 4. The van der Waals surface area contributed by atoms with Crippen molar-refractivity contribution in [2.24, 2.45) is 0 Å². The van der Waals surface area contributed by atoms with Crippen molar-refractivity contribution in [2.45, 2.75) is 20.0 Å². The summed E-state index contributed by atoms with van der Waals surface area (Å²) in [5.74, 6) is -0.527. The van der Waals surface area contributed by atoms with Gasteiger partial charge in [0.05, 0.1) is 11.6 Å². The van der Waals surface area contributed by atoms with E-state index in [1.165, 1.54) is 0 Å². The molecule has 0 spiro atoms. The maximum atomic E-state index is 11.8. The lowest BCUT2D eigenvalue weighted by molar-refractivity contribution is 0.00451.